The van der Waals surface area contributed by atoms with Gasteiger partial charge in [0.15, 0.2) is 0 Å². The summed E-state index contributed by atoms with van der Waals surface area (Å²) in [7, 11) is 0. The molecule has 1 aliphatic carbocycles. The van der Waals surface area contributed by atoms with Gasteiger partial charge < -0.3 is 4.74 Å². The highest BCUT2D eigenvalue weighted by Crippen LogP contribution is 2.45. The zero-order chi connectivity index (χ0) is 10.0. The van der Waals surface area contributed by atoms with E-state index >= 15 is 0 Å². The van der Waals surface area contributed by atoms with E-state index in [1.165, 1.54) is 38.5 Å². The third kappa shape index (κ3) is 2.25. The molecule has 2 aliphatic rings. The highest BCUT2D eigenvalue weighted by molar-refractivity contribution is 6.18. The van der Waals surface area contributed by atoms with Crippen molar-refractivity contribution >= 4 is 11.6 Å². The molecule has 82 valence electrons. The summed E-state index contributed by atoms with van der Waals surface area (Å²) >= 11 is 5.86. The van der Waals surface area contributed by atoms with Crippen molar-refractivity contribution < 1.29 is 4.74 Å². The summed E-state index contributed by atoms with van der Waals surface area (Å²) < 4.78 is 5.91. The summed E-state index contributed by atoms with van der Waals surface area (Å²) in [5.41, 5.74) is 0.314. The van der Waals surface area contributed by atoms with Gasteiger partial charge in [-0.3, -0.25) is 0 Å². The first-order valence-corrected chi connectivity index (χ1v) is 6.47. The third-order valence-corrected chi connectivity index (χ3v) is 4.39. The van der Waals surface area contributed by atoms with Crippen LogP contribution in [0.4, 0.5) is 0 Å². The van der Waals surface area contributed by atoms with Crippen molar-refractivity contribution in [2.45, 2.75) is 51.0 Å². The van der Waals surface area contributed by atoms with Gasteiger partial charge in [-0.25, -0.2) is 0 Å². The molecule has 1 aliphatic heterocycles. The molecule has 1 heterocycles. The third-order valence-electron chi connectivity index (χ3n) is 3.86. The van der Waals surface area contributed by atoms with Crippen LogP contribution < -0.4 is 0 Å². The van der Waals surface area contributed by atoms with Gasteiger partial charge in [-0.1, -0.05) is 6.92 Å². The van der Waals surface area contributed by atoms with Gasteiger partial charge in [-0.05, 0) is 50.4 Å². The highest BCUT2D eigenvalue weighted by Gasteiger charge is 2.42. The van der Waals surface area contributed by atoms with Crippen LogP contribution in [0.2, 0.25) is 0 Å². The second-order valence-corrected chi connectivity index (χ2v) is 5.55. The highest BCUT2D eigenvalue weighted by atomic mass is 35.5. The minimum atomic E-state index is 0.314. The summed E-state index contributed by atoms with van der Waals surface area (Å²) in [5, 5.41) is 0. The first-order chi connectivity index (χ1) is 6.74. The van der Waals surface area contributed by atoms with E-state index in [9.17, 15) is 0 Å². The van der Waals surface area contributed by atoms with Crippen LogP contribution in [0.3, 0.4) is 0 Å². The number of halogens is 1. The quantitative estimate of drug-likeness (QED) is 0.655. The number of rotatable bonds is 3. The summed E-state index contributed by atoms with van der Waals surface area (Å²) in [6, 6.07) is 0. The molecule has 1 saturated carbocycles. The van der Waals surface area contributed by atoms with E-state index in [4.69, 9.17) is 16.3 Å². The molecule has 2 fully saturated rings. The van der Waals surface area contributed by atoms with E-state index in [0.717, 1.165) is 18.4 Å². The molecule has 2 rings (SSSR count). The Labute approximate surface area is 92.2 Å². The van der Waals surface area contributed by atoms with Gasteiger partial charge in [-0.15, -0.1) is 11.6 Å². The molecule has 1 nitrogen and oxygen atoms in total. The zero-order valence-corrected chi connectivity index (χ0v) is 9.85. The van der Waals surface area contributed by atoms with Gasteiger partial charge >= 0.3 is 0 Å². The van der Waals surface area contributed by atoms with Gasteiger partial charge in [0.05, 0.1) is 5.60 Å². The fraction of sp³-hybridized carbons (Fsp3) is 1.00. The zero-order valence-electron chi connectivity index (χ0n) is 9.10. The summed E-state index contributed by atoms with van der Waals surface area (Å²) in [6.45, 7) is 3.25. The minimum absolute atomic E-state index is 0.314. The standard InChI is InChI=1S/C12H21ClO/c1-10(9-13)7-11-3-6-14-12(8-11)4-2-5-12/h10-11H,2-9H2,1H3. The fourth-order valence-electron chi connectivity index (χ4n) is 2.88. The van der Waals surface area contributed by atoms with Crippen molar-refractivity contribution in [3.8, 4) is 0 Å². The van der Waals surface area contributed by atoms with Crippen LogP contribution in [-0.4, -0.2) is 18.1 Å². The number of alkyl halides is 1. The van der Waals surface area contributed by atoms with E-state index in [0.29, 0.717) is 11.5 Å². The Morgan fingerprint density at radius 1 is 1.50 bits per heavy atom. The predicted molar refractivity (Wildman–Crippen MR) is 59.8 cm³/mol. The maximum absolute atomic E-state index is 5.91. The Morgan fingerprint density at radius 2 is 2.29 bits per heavy atom. The van der Waals surface area contributed by atoms with Crippen molar-refractivity contribution in [2.24, 2.45) is 11.8 Å². The average Bonchev–Trinajstić information content (AvgIpc) is 2.16. The molecular weight excluding hydrogens is 196 g/mol. The fourth-order valence-corrected chi connectivity index (χ4v) is 3.01. The lowest BCUT2D eigenvalue weighted by Crippen LogP contribution is -2.45. The van der Waals surface area contributed by atoms with Gasteiger partial charge in [0, 0.05) is 12.5 Å². The minimum Gasteiger partial charge on any atom is -0.375 e. The topological polar surface area (TPSA) is 9.23 Å². The van der Waals surface area contributed by atoms with E-state index in [1.807, 2.05) is 0 Å². The molecule has 0 radical (unpaired) electrons. The van der Waals surface area contributed by atoms with Crippen molar-refractivity contribution in [3.63, 3.8) is 0 Å². The van der Waals surface area contributed by atoms with E-state index < -0.39 is 0 Å². The van der Waals surface area contributed by atoms with Gasteiger partial charge in [0.25, 0.3) is 0 Å². The van der Waals surface area contributed by atoms with Crippen LogP contribution in [0.25, 0.3) is 0 Å². The average molecular weight is 217 g/mol. The normalized spacial score (nSPS) is 32.6. The van der Waals surface area contributed by atoms with E-state index in [-0.39, 0.29) is 0 Å². The SMILES string of the molecule is CC(CCl)CC1CCOC2(CCC2)C1. The molecule has 0 aromatic rings. The largest absolute Gasteiger partial charge is 0.375 e. The Morgan fingerprint density at radius 3 is 2.86 bits per heavy atom. The molecule has 0 amide bonds. The van der Waals surface area contributed by atoms with Crippen LogP contribution in [0.1, 0.15) is 45.4 Å². The maximum atomic E-state index is 5.91. The van der Waals surface area contributed by atoms with Crippen molar-refractivity contribution in [3.05, 3.63) is 0 Å². The number of hydrogen-bond donors (Lipinski definition) is 0. The second kappa shape index (κ2) is 4.40. The Hall–Kier alpha value is 0.250. The van der Waals surface area contributed by atoms with E-state index in [1.54, 1.807) is 0 Å². The Kier molecular flexibility index (Phi) is 3.38. The molecule has 1 saturated heterocycles. The number of ether oxygens (including phenoxy) is 1. The molecule has 0 N–H and O–H groups in total. The predicted octanol–water partition coefficient (Wildman–Crippen LogP) is 3.60. The molecule has 1 spiro atoms. The molecular formula is C12H21ClO. The van der Waals surface area contributed by atoms with Crippen LogP contribution >= 0.6 is 11.6 Å². The molecule has 0 aromatic heterocycles. The lowest BCUT2D eigenvalue weighted by Gasteiger charge is -2.47. The smallest absolute Gasteiger partial charge is 0.0685 e. The van der Waals surface area contributed by atoms with E-state index in [2.05, 4.69) is 6.92 Å². The lowest BCUT2D eigenvalue weighted by molar-refractivity contribution is -0.145. The van der Waals surface area contributed by atoms with Gasteiger partial charge in [-0.2, -0.15) is 0 Å². The van der Waals surface area contributed by atoms with Crippen molar-refractivity contribution in [1.82, 2.24) is 0 Å². The Balaban J connectivity index is 1.82. The first-order valence-electron chi connectivity index (χ1n) is 5.94. The molecule has 2 heteroatoms. The maximum Gasteiger partial charge on any atom is 0.0685 e. The van der Waals surface area contributed by atoms with Crippen LogP contribution in [-0.2, 0) is 4.74 Å². The molecule has 2 atom stereocenters. The first kappa shape index (κ1) is 10.8. The lowest BCUT2D eigenvalue weighted by atomic mass is 9.70. The second-order valence-electron chi connectivity index (χ2n) is 5.24. The van der Waals surface area contributed by atoms with Crippen molar-refractivity contribution in [2.75, 3.05) is 12.5 Å². The summed E-state index contributed by atoms with van der Waals surface area (Å²) in [4.78, 5) is 0. The summed E-state index contributed by atoms with van der Waals surface area (Å²) in [5.74, 6) is 2.36. The van der Waals surface area contributed by atoms with Crippen LogP contribution in [0.5, 0.6) is 0 Å². The molecule has 0 aromatic carbocycles. The summed E-state index contributed by atoms with van der Waals surface area (Å²) in [6.07, 6.45) is 7.83. The molecule has 14 heavy (non-hydrogen) atoms. The van der Waals surface area contributed by atoms with Gasteiger partial charge in [0.1, 0.15) is 0 Å². The molecule has 0 bridgehead atoms. The van der Waals surface area contributed by atoms with Crippen molar-refractivity contribution in [1.29, 1.82) is 0 Å². The van der Waals surface area contributed by atoms with Crippen LogP contribution in [0.15, 0.2) is 0 Å². The van der Waals surface area contributed by atoms with Crippen LogP contribution in [0, 0.1) is 11.8 Å². The Bertz CT molecular complexity index is 189. The van der Waals surface area contributed by atoms with Gasteiger partial charge in [0.2, 0.25) is 0 Å². The molecule has 2 unspecified atom stereocenters. The number of hydrogen-bond acceptors (Lipinski definition) is 1. The monoisotopic (exact) mass is 216 g/mol.